The van der Waals surface area contributed by atoms with Crippen LogP contribution in [-0.4, -0.2) is 30.1 Å². The van der Waals surface area contributed by atoms with Gasteiger partial charge in [0.05, 0.1) is 11.2 Å². The van der Waals surface area contributed by atoms with Crippen molar-refractivity contribution < 1.29 is 18.9 Å². The predicted molar refractivity (Wildman–Crippen MR) is 81.0 cm³/mol. The molecule has 6 nitrogen and oxygen atoms in total. The van der Waals surface area contributed by atoms with Crippen molar-refractivity contribution in [3.63, 3.8) is 0 Å². The molecule has 0 aromatic rings. The van der Waals surface area contributed by atoms with Gasteiger partial charge in [0.25, 0.3) is 0 Å². The normalized spacial score (nSPS) is 20.6. The lowest BCUT2D eigenvalue weighted by atomic mass is 9.75. The van der Waals surface area contributed by atoms with Gasteiger partial charge in [0, 0.05) is 12.8 Å². The van der Waals surface area contributed by atoms with Gasteiger partial charge >= 0.3 is 7.12 Å². The highest BCUT2D eigenvalue weighted by Crippen LogP contribution is 2.39. The van der Waals surface area contributed by atoms with Gasteiger partial charge in [0.2, 0.25) is 11.8 Å². The molecular weight excluding hydrogens is 271 g/mol. The summed E-state index contributed by atoms with van der Waals surface area (Å²) >= 11 is 0. The number of primary amides is 2. The molecule has 0 saturated carbocycles. The summed E-state index contributed by atoms with van der Waals surface area (Å²) in [4.78, 5) is 21.8. The Hall–Kier alpha value is -1.34. The molecule has 0 spiro atoms. The Kier molecular flexibility index (Phi) is 5.58. The van der Waals surface area contributed by atoms with Crippen molar-refractivity contribution in [1.82, 2.24) is 0 Å². The lowest BCUT2D eigenvalue weighted by Crippen LogP contribution is -2.41. The average Bonchev–Trinajstić information content (AvgIpc) is 2.52. The summed E-state index contributed by atoms with van der Waals surface area (Å²) in [6, 6.07) is 0. The first-order valence-electron chi connectivity index (χ1n) is 7.16. The molecule has 1 rings (SSSR count). The van der Waals surface area contributed by atoms with Gasteiger partial charge in [0.1, 0.15) is 0 Å². The van der Waals surface area contributed by atoms with Crippen LogP contribution in [-0.2, 0) is 18.9 Å². The molecule has 1 fully saturated rings. The highest BCUT2D eigenvalue weighted by Gasteiger charge is 2.52. The van der Waals surface area contributed by atoms with E-state index in [2.05, 4.69) is 0 Å². The highest BCUT2D eigenvalue weighted by atomic mass is 16.7. The molecule has 4 N–H and O–H groups in total. The molecule has 0 aromatic carbocycles. The topological polar surface area (TPSA) is 105 Å². The Morgan fingerprint density at radius 1 is 0.952 bits per heavy atom. The summed E-state index contributed by atoms with van der Waals surface area (Å²) in [5, 5.41) is 0. The van der Waals surface area contributed by atoms with Crippen LogP contribution >= 0.6 is 0 Å². The lowest BCUT2D eigenvalue weighted by molar-refractivity contribution is -0.118. The van der Waals surface area contributed by atoms with Crippen LogP contribution in [0.3, 0.4) is 0 Å². The smallest absolute Gasteiger partial charge is 0.400 e. The van der Waals surface area contributed by atoms with Crippen LogP contribution in [0.15, 0.2) is 11.5 Å². The van der Waals surface area contributed by atoms with E-state index in [0.717, 1.165) is 5.47 Å². The van der Waals surface area contributed by atoms with Crippen molar-refractivity contribution in [2.75, 3.05) is 0 Å². The predicted octanol–water partition coefficient (Wildman–Crippen LogP) is 1.08. The zero-order chi connectivity index (χ0) is 16.3. The second-order valence-corrected chi connectivity index (χ2v) is 6.34. The van der Waals surface area contributed by atoms with Gasteiger partial charge in [-0.25, -0.2) is 0 Å². The molecule has 118 valence electrons. The minimum atomic E-state index is -0.526. The van der Waals surface area contributed by atoms with E-state index < -0.39 is 18.3 Å². The SMILES string of the molecule is CC1(C)OB(C(=CCCC(N)=O)CCC(N)=O)OC1(C)C. The molecular formula is C14H25BN2O4. The van der Waals surface area contributed by atoms with Gasteiger partial charge in [-0.15, -0.1) is 0 Å². The number of carbonyl (C=O) groups is 2. The molecule has 0 aromatic heterocycles. The molecule has 0 aliphatic carbocycles. The standard InChI is InChI=1S/C14H25BN2O4/c1-13(2)14(3,4)21-15(20-13)10(8-9-12(17)19)6-5-7-11(16)18/h6H,5,7-9H2,1-4H3,(H2,16,18)(H2,17,19). The molecule has 1 aliphatic rings. The molecule has 0 unspecified atom stereocenters. The fraction of sp³-hybridized carbons (Fsp3) is 0.714. The zero-order valence-electron chi connectivity index (χ0n) is 13.3. The van der Waals surface area contributed by atoms with E-state index in [4.69, 9.17) is 20.8 Å². The molecule has 1 heterocycles. The third-order valence-electron chi connectivity index (χ3n) is 4.01. The van der Waals surface area contributed by atoms with E-state index in [-0.39, 0.29) is 24.7 Å². The number of allylic oxidation sites excluding steroid dienone is 2. The van der Waals surface area contributed by atoms with Gasteiger partial charge < -0.3 is 20.8 Å². The van der Waals surface area contributed by atoms with Crippen LogP contribution in [0.1, 0.15) is 53.4 Å². The molecule has 7 heteroatoms. The first-order valence-corrected chi connectivity index (χ1v) is 7.16. The van der Waals surface area contributed by atoms with E-state index in [9.17, 15) is 9.59 Å². The second kappa shape index (κ2) is 6.62. The third-order valence-corrected chi connectivity index (χ3v) is 4.01. The fourth-order valence-corrected chi connectivity index (χ4v) is 1.98. The van der Waals surface area contributed by atoms with E-state index >= 15 is 0 Å². The molecule has 21 heavy (non-hydrogen) atoms. The number of carbonyl (C=O) groups excluding carboxylic acids is 2. The number of amides is 2. The van der Waals surface area contributed by atoms with Crippen LogP contribution in [0.2, 0.25) is 0 Å². The molecule has 1 aliphatic heterocycles. The summed E-state index contributed by atoms with van der Waals surface area (Å²) in [5.41, 5.74) is 10.3. The minimum Gasteiger partial charge on any atom is -0.400 e. The Bertz CT molecular complexity index is 430. The monoisotopic (exact) mass is 296 g/mol. The van der Waals surface area contributed by atoms with E-state index in [1.165, 1.54) is 0 Å². The van der Waals surface area contributed by atoms with Gasteiger partial charge in [-0.05, 0) is 46.0 Å². The minimum absolute atomic E-state index is 0.215. The summed E-state index contributed by atoms with van der Waals surface area (Å²) in [7, 11) is -0.526. The van der Waals surface area contributed by atoms with E-state index in [1.54, 1.807) is 0 Å². The van der Waals surface area contributed by atoms with Gasteiger partial charge in [-0.3, -0.25) is 9.59 Å². The van der Waals surface area contributed by atoms with Crippen molar-refractivity contribution in [3.8, 4) is 0 Å². The first kappa shape index (κ1) is 17.7. The Balaban J connectivity index is 2.82. The van der Waals surface area contributed by atoms with Crippen molar-refractivity contribution in [2.45, 2.75) is 64.6 Å². The summed E-state index contributed by atoms with van der Waals surface area (Å²) in [6.45, 7) is 7.84. The zero-order valence-corrected chi connectivity index (χ0v) is 13.3. The van der Waals surface area contributed by atoms with Crippen LogP contribution in [0.25, 0.3) is 0 Å². The third kappa shape index (κ3) is 4.86. The van der Waals surface area contributed by atoms with Gasteiger partial charge in [-0.1, -0.05) is 6.08 Å². The highest BCUT2D eigenvalue weighted by molar-refractivity contribution is 6.54. The number of rotatable bonds is 7. The fourth-order valence-electron chi connectivity index (χ4n) is 1.98. The van der Waals surface area contributed by atoms with Gasteiger partial charge in [-0.2, -0.15) is 0 Å². The largest absolute Gasteiger partial charge is 0.490 e. The molecule has 0 atom stereocenters. The van der Waals surface area contributed by atoms with Crippen molar-refractivity contribution >= 4 is 18.9 Å². The van der Waals surface area contributed by atoms with Crippen LogP contribution in [0.4, 0.5) is 0 Å². The van der Waals surface area contributed by atoms with E-state index in [1.807, 2.05) is 33.8 Å². The van der Waals surface area contributed by atoms with Crippen molar-refractivity contribution in [2.24, 2.45) is 11.5 Å². The lowest BCUT2D eigenvalue weighted by Gasteiger charge is -2.32. The molecule has 2 amide bonds. The Morgan fingerprint density at radius 3 is 1.86 bits per heavy atom. The van der Waals surface area contributed by atoms with Crippen LogP contribution < -0.4 is 11.5 Å². The maximum Gasteiger partial charge on any atom is 0.490 e. The quantitative estimate of drug-likeness (QED) is 0.686. The van der Waals surface area contributed by atoms with Crippen molar-refractivity contribution in [3.05, 3.63) is 11.5 Å². The van der Waals surface area contributed by atoms with E-state index in [0.29, 0.717) is 12.8 Å². The second-order valence-electron chi connectivity index (χ2n) is 6.34. The summed E-state index contributed by atoms with van der Waals surface area (Å²) < 4.78 is 11.9. The Labute approximate surface area is 126 Å². The first-order chi connectivity index (χ1) is 9.55. The summed E-state index contributed by atoms with van der Waals surface area (Å²) in [5.74, 6) is -0.748. The van der Waals surface area contributed by atoms with Crippen molar-refractivity contribution in [1.29, 1.82) is 0 Å². The summed E-state index contributed by atoms with van der Waals surface area (Å²) in [6.07, 6.45) is 3.26. The average molecular weight is 296 g/mol. The Morgan fingerprint density at radius 2 is 1.43 bits per heavy atom. The van der Waals surface area contributed by atoms with Gasteiger partial charge in [0.15, 0.2) is 0 Å². The molecule has 0 radical (unpaired) electrons. The number of hydrogen-bond donors (Lipinski definition) is 2. The number of hydrogen-bond acceptors (Lipinski definition) is 4. The van der Waals surface area contributed by atoms with Crippen LogP contribution in [0.5, 0.6) is 0 Å². The maximum atomic E-state index is 11.0. The maximum absolute atomic E-state index is 11.0. The number of nitrogens with two attached hydrogens (primary N) is 2. The molecule has 0 bridgehead atoms. The molecule has 1 saturated heterocycles. The van der Waals surface area contributed by atoms with Crippen LogP contribution in [0, 0.1) is 0 Å².